The Labute approximate surface area is 197 Å². The van der Waals surface area contributed by atoms with Crippen LogP contribution in [0.15, 0.2) is 54.7 Å². The number of ether oxygens (including phenoxy) is 1. The molecule has 4 rings (SSSR count). The van der Waals surface area contributed by atoms with Crippen molar-refractivity contribution in [3.8, 4) is 17.0 Å². The molecule has 1 aliphatic rings. The van der Waals surface area contributed by atoms with Gasteiger partial charge in [-0.2, -0.15) is 5.10 Å². The molecule has 1 aromatic heterocycles. The third-order valence-corrected chi connectivity index (χ3v) is 6.05. The normalized spacial score (nSPS) is 14.1. The van der Waals surface area contributed by atoms with Crippen LogP contribution in [-0.2, 0) is 11.8 Å². The molecule has 1 saturated heterocycles. The molecule has 9 heteroatoms. The highest BCUT2D eigenvalue weighted by Gasteiger charge is 2.21. The topological polar surface area (TPSA) is 80.9 Å². The Morgan fingerprint density at radius 3 is 2.62 bits per heavy atom. The Bertz CT molecular complexity index is 1170. The van der Waals surface area contributed by atoms with Gasteiger partial charge in [-0.3, -0.25) is 14.3 Å². The van der Waals surface area contributed by atoms with Crippen molar-refractivity contribution >= 4 is 17.5 Å². The quantitative estimate of drug-likeness (QED) is 0.555. The molecule has 0 radical (unpaired) electrons. The van der Waals surface area contributed by atoms with E-state index in [4.69, 9.17) is 4.74 Å². The molecule has 178 valence electrons. The van der Waals surface area contributed by atoms with Gasteiger partial charge < -0.3 is 19.9 Å². The molecule has 0 spiro atoms. The second-order valence-corrected chi connectivity index (χ2v) is 8.37. The second kappa shape index (κ2) is 10.5. The van der Waals surface area contributed by atoms with Crippen molar-refractivity contribution in [1.29, 1.82) is 0 Å². The van der Waals surface area contributed by atoms with E-state index >= 15 is 0 Å². The molecular weight excluding hydrogens is 437 g/mol. The first-order valence-electron chi connectivity index (χ1n) is 11.3. The standard InChI is InChI=1S/C25H28FN5O3/c1-18(32)31-12-10-30(11-13-31)14-15-34-24-7-6-21(17-22(24)23-8-9-27-29(23)2)28-25(33)19-4-3-5-20(26)16-19/h3-9,16-17H,10-15H2,1-2H3,(H,28,33)/p+1. The SMILES string of the molecule is CC(=O)N1CC[NH+](CCOc2ccc(NC(=O)c3cccc(F)c3)cc2-c2ccnn2C)CC1. The van der Waals surface area contributed by atoms with E-state index in [1.54, 1.807) is 29.9 Å². The van der Waals surface area contributed by atoms with Crippen molar-refractivity contribution in [2.45, 2.75) is 6.92 Å². The van der Waals surface area contributed by atoms with Crippen molar-refractivity contribution < 1.29 is 23.6 Å². The Balaban J connectivity index is 1.45. The lowest BCUT2D eigenvalue weighted by atomic mass is 10.1. The summed E-state index contributed by atoms with van der Waals surface area (Å²) in [5, 5.41) is 7.08. The number of anilines is 1. The minimum atomic E-state index is -0.461. The first kappa shape index (κ1) is 23.4. The number of nitrogens with one attached hydrogen (secondary N) is 2. The molecule has 0 atom stereocenters. The highest BCUT2D eigenvalue weighted by atomic mass is 19.1. The van der Waals surface area contributed by atoms with E-state index in [9.17, 15) is 14.0 Å². The molecule has 1 fully saturated rings. The minimum Gasteiger partial charge on any atom is -0.487 e. The summed E-state index contributed by atoms with van der Waals surface area (Å²) in [5.41, 5.74) is 2.46. The maximum Gasteiger partial charge on any atom is 0.255 e. The van der Waals surface area contributed by atoms with Crippen LogP contribution < -0.4 is 15.0 Å². The largest absolute Gasteiger partial charge is 0.487 e. The third kappa shape index (κ3) is 5.60. The lowest BCUT2D eigenvalue weighted by molar-refractivity contribution is -0.904. The summed E-state index contributed by atoms with van der Waals surface area (Å²) in [6, 6.07) is 12.9. The average molecular weight is 467 g/mol. The van der Waals surface area contributed by atoms with Crippen LogP contribution >= 0.6 is 0 Å². The van der Waals surface area contributed by atoms with E-state index in [0.29, 0.717) is 18.0 Å². The fourth-order valence-electron chi connectivity index (χ4n) is 4.10. The van der Waals surface area contributed by atoms with Crippen LogP contribution in [-0.4, -0.2) is 65.8 Å². The summed E-state index contributed by atoms with van der Waals surface area (Å²) in [5.74, 6) is -0.0379. The van der Waals surface area contributed by atoms with Crippen molar-refractivity contribution in [2.24, 2.45) is 7.05 Å². The van der Waals surface area contributed by atoms with Crippen LogP contribution in [0.2, 0.25) is 0 Å². The number of aryl methyl sites for hydroxylation is 1. The van der Waals surface area contributed by atoms with Crippen molar-refractivity contribution in [3.05, 3.63) is 66.1 Å². The van der Waals surface area contributed by atoms with Gasteiger partial charge >= 0.3 is 0 Å². The predicted molar refractivity (Wildman–Crippen MR) is 126 cm³/mol. The van der Waals surface area contributed by atoms with E-state index in [2.05, 4.69) is 10.4 Å². The highest BCUT2D eigenvalue weighted by Crippen LogP contribution is 2.32. The van der Waals surface area contributed by atoms with Crippen molar-refractivity contribution in [1.82, 2.24) is 14.7 Å². The molecule has 1 aliphatic heterocycles. The summed E-state index contributed by atoms with van der Waals surface area (Å²) in [7, 11) is 1.84. The van der Waals surface area contributed by atoms with E-state index in [1.165, 1.54) is 23.1 Å². The molecule has 2 heterocycles. The fraction of sp³-hybridized carbons (Fsp3) is 0.320. The summed E-state index contributed by atoms with van der Waals surface area (Å²) >= 11 is 0. The fourth-order valence-corrected chi connectivity index (χ4v) is 4.10. The number of piperazine rings is 1. The molecule has 2 amide bonds. The van der Waals surface area contributed by atoms with E-state index in [1.807, 2.05) is 30.1 Å². The van der Waals surface area contributed by atoms with Gasteiger partial charge in [0.2, 0.25) is 5.91 Å². The molecular formula is C25H29FN5O3+. The summed E-state index contributed by atoms with van der Waals surface area (Å²) in [6.45, 7) is 6.31. The number of carbonyl (C=O) groups excluding carboxylic acids is 2. The maximum atomic E-state index is 13.5. The van der Waals surface area contributed by atoms with Gasteiger partial charge in [0.05, 0.1) is 31.9 Å². The predicted octanol–water partition coefficient (Wildman–Crippen LogP) is 1.60. The number of rotatable bonds is 7. The zero-order valence-corrected chi connectivity index (χ0v) is 19.4. The number of halogens is 1. The number of amides is 2. The number of quaternary nitrogens is 1. The van der Waals surface area contributed by atoms with Gasteiger partial charge in [0.1, 0.15) is 24.7 Å². The molecule has 0 bridgehead atoms. The molecule has 0 saturated carbocycles. The number of nitrogens with zero attached hydrogens (tertiary/aromatic N) is 3. The smallest absolute Gasteiger partial charge is 0.255 e. The van der Waals surface area contributed by atoms with Gasteiger partial charge in [-0.25, -0.2) is 4.39 Å². The average Bonchev–Trinajstić information content (AvgIpc) is 3.25. The van der Waals surface area contributed by atoms with Gasteiger partial charge in [0, 0.05) is 37.0 Å². The van der Waals surface area contributed by atoms with Crippen molar-refractivity contribution in [3.63, 3.8) is 0 Å². The molecule has 0 unspecified atom stereocenters. The van der Waals surface area contributed by atoms with E-state index < -0.39 is 11.7 Å². The van der Waals surface area contributed by atoms with Crippen LogP contribution in [0, 0.1) is 5.82 Å². The molecule has 2 N–H and O–H groups in total. The van der Waals surface area contributed by atoms with E-state index in [0.717, 1.165) is 44.0 Å². The van der Waals surface area contributed by atoms with Gasteiger partial charge in [-0.1, -0.05) is 6.07 Å². The molecule has 2 aromatic carbocycles. The Hall–Kier alpha value is -3.72. The number of hydrogen-bond donors (Lipinski definition) is 2. The first-order valence-corrected chi connectivity index (χ1v) is 11.3. The highest BCUT2D eigenvalue weighted by molar-refractivity contribution is 6.04. The Morgan fingerprint density at radius 2 is 1.94 bits per heavy atom. The lowest BCUT2D eigenvalue weighted by Crippen LogP contribution is -3.15. The van der Waals surface area contributed by atoms with Crippen LogP contribution in [0.25, 0.3) is 11.3 Å². The number of benzene rings is 2. The van der Waals surface area contributed by atoms with Gasteiger partial charge in [-0.05, 0) is 42.5 Å². The summed E-state index contributed by atoms with van der Waals surface area (Å²) in [4.78, 5) is 27.4. The van der Waals surface area contributed by atoms with Crippen molar-refractivity contribution in [2.75, 3.05) is 44.6 Å². The number of carbonyl (C=O) groups is 2. The van der Waals surface area contributed by atoms with Crippen LogP contribution in [0.4, 0.5) is 10.1 Å². The zero-order valence-electron chi connectivity index (χ0n) is 19.4. The lowest BCUT2D eigenvalue weighted by Gasteiger charge is -2.31. The number of aromatic nitrogens is 2. The van der Waals surface area contributed by atoms with Crippen LogP contribution in [0.5, 0.6) is 5.75 Å². The molecule has 8 nitrogen and oxygen atoms in total. The van der Waals surface area contributed by atoms with Crippen LogP contribution in [0.3, 0.4) is 0 Å². The summed E-state index contributed by atoms with van der Waals surface area (Å²) in [6.07, 6.45) is 1.70. The van der Waals surface area contributed by atoms with Crippen LogP contribution in [0.1, 0.15) is 17.3 Å². The molecule has 0 aliphatic carbocycles. The number of hydrogen-bond acceptors (Lipinski definition) is 4. The third-order valence-electron chi connectivity index (χ3n) is 6.05. The summed E-state index contributed by atoms with van der Waals surface area (Å²) < 4.78 is 21.4. The first-order chi connectivity index (χ1) is 16.4. The second-order valence-electron chi connectivity index (χ2n) is 8.37. The molecule has 34 heavy (non-hydrogen) atoms. The van der Waals surface area contributed by atoms with Gasteiger partial charge in [0.15, 0.2) is 0 Å². The van der Waals surface area contributed by atoms with Gasteiger partial charge in [0.25, 0.3) is 5.91 Å². The Morgan fingerprint density at radius 1 is 1.15 bits per heavy atom. The Kier molecular flexibility index (Phi) is 7.22. The van der Waals surface area contributed by atoms with E-state index in [-0.39, 0.29) is 11.5 Å². The molecule has 3 aromatic rings. The van der Waals surface area contributed by atoms with Gasteiger partial charge in [-0.15, -0.1) is 0 Å². The minimum absolute atomic E-state index is 0.126. The zero-order chi connectivity index (χ0) is 24.1. The monoisotopic (exact) mass is 466 g/mol. The maximum absolute atomic E-state index is 13.5.